The molecule has 4 atom stereocenters. The zero-order valence-corrected chi connectivity index (χ0v) is 15.4. The number of likely N-dealkylation sites (tertiary alicyclic amines) is 1. The number of nitrogens with two attached hydrogens (primary N) is 1. The molecule has 0 aliphatic carbocycles. The van der Waals surface area contributed by atoms with Crippen molar-refractivity contribution in [2.24, 2.45) is 17.6 Å². The molecule has 4 rings (SSSR count). The molecular formula is C19H22N4O5. The number of hydrogen-bond acceptors (Lipinski definition) is 6. The van der Waals surface area contributed by atoms with Crippen LogP contribution in [0.25, 0.3) is 0 Å². The van der Waals surface area contributed by atoms with Gasteiger partial charge in [-0.25, -0.2) is 0 Å². The van der Waals surface area contributed by atoms with Crippen molar-refractivity contribution in [1.29, 1.82) is 0 Å². The quantitative estimate of drug-likeness (QED) is 0.555. The molecule has 9 nitrogen and oxygen atoms in total. The van der Waals surface area contributed by atoms with Gasteiger partial charge in [-0.1, -0.05) is 18.2 Å². The number of anilines is 1. The largest absolute Gasteiger partial charge is 0.383 e. The molecule has 0 bridgehead atoms. The first kappa shape index (κ1) is 18.6. The van der Waals surface area contributed by atoms with Crippen molar-refractivity contribution in [3.05, 3.63) is 29.8 Å². The highest BCUT2D eigenvalue weighted by molar-refractivity contribution is 6.15. The van der Waals surface area contributed by atoms with Gasteiger partial charge in [0.05, 0.1) is 25.0 Å². The minimum absolute atomic E-state index is 0.0553. The fraction of sp³-hybridized carbons (Fsp3) is 0.474. The summed E-state index contributed by atoms with van der Waals surface area (Å²) < 4.78 is 5.02. The van der Waals surface area contributed by atoms with E-state index < -0.39 is 35.2 Å². The van der Waals surface area contributed by atoms with E-state index in [1.165, 1.54) is 12.0 Å². The third kappa shape index (κ3) is 2.46. The Morgan fingerprint density at radius 2 is 2.00 bits per heavy atom. The molecule has 1 spiro atoms. The summed E-state index contributed by atoms with van der Waals surface area (Å²) in [6.45, 7) is 0.342. The summed E-state index contributed by atoms with van der Waals surface area (Å²) in [5.41, 5.74) is 5.21. The Morgan fingerprint density at radius 3 is 2.71 bits per heavy atom. The molecule has 1 aromatic rings. The Balaban J connectivity index is 1.79. The van der Waals surface area contributed by atoms with Crippen LogP contribution in [-0.2, 0) is 29.5 Å². The predicted molar refractivity (Wildman–Crippen MR) is 97.7 cm³/mol. The van der Waals surface area contributed by atoms with Crippen LogP contribution in [0.3, 0.4) is 0 Å². The van der Waals surface area contributed by atoms with Gasteiger partial charge in [-0.3, -0.25) is 29.4 Å². The molecule has 3 heterocycles. The van der Waals surface area contributed by atoms with Gasteiger partial charge < -0.3 is 15.8 Å². The third-order valence-electron chi connectivity index (χ3n) is 5.93. The maximum Gasteiger partial charge on any atom is 0.250 e. The number of carbonyl (C=O) groups excluding carboxylic acids is 4. The second kappa shape index (κ2) is 6.68. The SMILES string of the molecule is COCCN1C(=O)[C@@H]2[C@H](CCC(N)=O)N[C@@]3(C(=O)Nc4ccccc43)[C@@H]2C1=O. The van der Waals surface area contributed by atoms with Crippen molar-refractivity contribution in [1.82, 2.24) is 10.2 Å². The fourth-order valence-corrected chi connectivity index (χ4v) is 4.77. The minimum Gasteiger partial charge on any atom is -0.383 e. The molecule has 2 fully saturated rings. The van der Waals surface area contributed by atoms with Crippen LogP contribution in [-0.4, -0.2) is 54.8 Å². The maximum atomic E-state index is 13.2. The molecule has 28 heavy (non-hydrogen) atoms. The average molecular weight is 386 g/mol. The fourth-order valence-electron chi connectivity index (χ4n) is 4.77. The highest BCUT2D eigenvalue weighted by Gasteiger charge is 2.70. The lowest BCUT2D eigenvalue weighted by Gasteiger charge is -2.29. The van der Waals surface area contributed by atoms with E-state index in [9.17, 15) is 19.2 Å². The number of fused-ring (bicyclic) bond motifs is 4. The summed E-state index contributed by atoms with van der Waals surface area (Å²) in [6, 6.07) is 6.61. The van der Waals surface area contributed by atoms with E-state index in [2.05, 4.69) is 10.6 Å². The standard InChI is InChI=1S/C19H22N4O5/c1-28-9-8-23-16(25)14-12(6-7-13(20)24)22-19(15(14)17(23)26)10-4-2-3-5-11(10)21-18(19)27/h2-5,12,14-15,22H,6-9H2,1H3,(H2,20,24)(H,21,27)/t12-,14+,15-,19+/m0/s1. The lowest BCUT2D eigenvalue weighted by molar-refractivity contribution is -0.143. The Labute approximate surface area is 161 Å². The molecule has 0 radical (unpaired) electrons. The number of ether oxygens (including phenoxy) is 1. The molecule has 0 unspecified atom stereocenters. The van der Waals surface area contributed by atoms with Crippen LogP contribution >= 0.6 is 0 Å². The summed E-state index contributed by atoms with van der Waals surface area (Å²) in [7, 11) is 1.49. The smallest absolute Gasteiger partial charge is 0.250 e. The number of nitrogens with one attached hydrogen (secondary N) is 2. The van der Waals surface area contributed by atoms with Crippen LogP contribution in [0.4, 0.5) is 5.69 Å². The van der Waals surface area contributed by atoms with Gasteiger partial charge in [0.25, 0.3) is 0 Å². The number of hydrogen-bond donors (Lipinski definition) is 3. The van der Waals surface area contributed by atoms with E-state index in [0.29, 0.717) is 11.3 Å². The summed E-state index contributed by atoms with van der Waals surface area (Å²) in [4.78, 5) is 51.9. The Kier molecular flexibility index (Phi) is 4.43. The predicted octanol–water partition coefficient (Wildman–Crippen LogP) is -0.681. The average Bonchev–Trinajstić information content (AvgIpc) is 3.24. The van der Waals surface area contributed by atoms with Crippen LogP contribution in [0.2, 0.25) is 0 Å². The van der Waals surface area contributed by atoms with Gasteiger partial charge in [-0.15, -0.1) is 0 Å². The first-order chi connectivity index (χ1) is 13.4. The highest BCUT2D eigenvalue weighted by atomic mass is 16.5. The first-order valence-electron chi connectivity index (χ1n) is 9.23. The van der Waals surface area contributed by atoms with Crippen LogP contribution in [0.15, 0.2) is 24.3 Å². The molecule has 4 N–H and O–H groups in total. The molecular weight excluding hydrogens is 364 g/mol. The summed E-state index contributed by atoms with van der Waals surface area (Å²) >= 11 is 0. The third-order valence-corrected chi connectivity index (χ3v) is 5.93. The number of imide groups is 1. The summed E-state index contributed by atoms with van der Waals surface area (Å²) in [5, 5.41) is 6.07. The lowest BCUT2D eigenvalue weighted by atomic mass is 9.76. The van der Waals surface area contributed by atoms with Gasteiger partial charge >= 0.3 is 0 Å². The van der Waals surface area contributed by atoms with Crippen LogP contribution in [0, 0.1) is 11.8 Å². The van der Waals surface area contributed by atoms with Crippen molar-refractivity contribution in [2.45, 2.75) is 24.4 Å². The highest BCUT2D eigenvalue weighted by Crippen LogP contribution is 2.53. The van der Waals surface area contributed by atoms with Gasteiger partial charge in [-0.2, -0.15) is 0 Å². The number of rotatable bonds is 6. The van der Waals surface area contributed by atoms with Crippen molar-refractivity contribution < 1.29 is 23.9 Å². The zero-order valence-electron chi connectivity index (χ0n) is 15.4. The number of benzene rings is 1. The van der Waals surface area contributed by atoms with Gasteiger partial charge in [0.15, 0.2) is 0 Å². The Bertz CT molecular complexity index is 872. The minimum atomic E-state index is -1.34. The number of primary amides is 1. The Morgan fingerprint density at radius 1 is 1.25 bits per heavy atom. The van der Waals surface area contributed by atoms with E-state index in [-0.39, 0.29) is 37.8 Å². The number of nitrogens with zero attached hydrogens (tertiary/aromatic N) is 1. The maximum absolute atomic E-state index is 13.2. The van der Waals surface area contributed by atoms with E-state index >= 15 is 0 Å². The summed E-state index contributed by atoms with van der Waals surface area (Å²) in [5.74, 6) is -3.21. The second-order valence-corrected chi connectivity index (χ2v) is 7.39. The van der Waals surface area contributed by atoms with Crippen molar-refractivity contribution >= 4 is 29.3 Å². The normalized spacial score (nSPS) is 30.7. The van der Waals surface area contributed by atoms with Crippen molar-refractivity contribution in [3.8, 4) is 0 Å². The zero-order chi connectivity index (χ0) is 20.1. The molecule has 9 heteroatoms. The summed E-state index contributed by atoms with van der Waals surface area (Å²) in [6.07, 6.45) is 0.324. The van der Waals surface area contributed by atoms with E-state index in [4.69, 9.17) is 10.5 Å². The molecule has 4 amide bonds. The molecule has 0 saturated carbocycles. The molecule has 1 aromatic carbocycles. The van der Waals surface area contributed by atoms with E-state index in [1.807, 2.05) is 0 Å². The monoisotopic (exact) mass is 386 g/mol. The Hall–Kier alpha value is -2.78. The number of carbonyl (C=O) groups is 4. The molecule has 0 aromatic heterocycles. The number of para-hydroxylation sites is 1. The van der Waals surface area contributed by atoms with Gasteiger partial charge in [0.1, 0.15) is 5.54 Å². The van der Waals surface area contributed by atoms with E-state index in [1.54, 1.807) is 24.3 Å². The molecule has 148 valence electrons. The van der Waals surface area contributed by atoms with Gasteiger partial charge in [0, 0.05) is 30.8 Å². The van der Waals surface area contributed by atoms with Crippen LogP contribution in [0.1, 0.15) is 18.4 Å². The first-order valence-corrected chi connectivity index (χ1v) is 9.23. The molecule has 2 saturated heterocycles. The number of amides is 4. The molecule has 3 aliphatic heterocycles. The van der Waals surface area contributed by atoms with Crippen molar-refractivity contribution in [3.63, 3.8) is 0 Å². The lowest BCUT2D eigenvalue weighted by Crippen LogP contribution is -2.53. The topological polar surface area (TPSA) is 131 Å². The molecule has 3 aliphatic rings. The van der Waals surface area contributed by atoms with E-state index in [0.717, 1.165) is 0 Å². The van der Waals surface area contributed by atoms with Crippen LogP contribution in [0.5, 0.6) is 0 Å². The van der Waals surface area contributed by atoms with Crippen LogP contribution < -0.4 is 16.4 Å². The number of methoxy groups -OCH3 is 1. The van der Waals surface area contributed by atoms with Crippen molar-refractivity contribution in [2.75, 3.05) is 25.6 Å². The van der Waals surface area contributed by atoms with Gasteiger partial charge in [-0.05, 0) is 12.5 Å². The second-order valence-electron chi connectivity index (χ2n) is 7.39. The van der Waals surface area contributed by atoms with Gasteiger partial charge in [0.2, 0.25) is 23.6 Å².